The van der Waals surface area contributed by atoms with Crippen molar-refractivity contribution in [1.29, 1.82) is 0 Å². The average Bonchev–Trinajstić information content (AvgIpc) is 2.84. The van der Waals surface area contributed by atoms with Gasteiger partial charge < -0.3 is 19.4 Å². The van der Waals surface area contributed by atoms with Crippen LogP contribution in [0.25, 0.3) is 0 Å². The van der Waals surface area contributed by atoms with Gasteiger partial charge in [0.05, 0.1) is 0 Å². The highest BCUT2D eigenvalue weighted by Gasteiger charge is 2.19. The molecule has 1 aliphatic rings. The van der Waals surface area contributed by atoms with Crippen molar-refractivity contribution in [2.75, 3.05) is 13.2 Å². The summed E-state index contributed by atoms with van der Waals surface area (Å²) >= 11 is 0. The zero-order valence-corrected chi connectivity index (χ0v) is 11.0. The third kappa shape index (κ3) is 2.90. The van der Waals surface area contributed by atoms with Gasteiger partial charge in [0.2, 0.25) is 0 Å². The van der Waals surface area contributed by atoms with Gasteiger partial charge in [0.1, 0.15) is 12.7 Å². The lowest BCUT2D eigenvalue weighted by molar-refractivity contribution is 0.0902. The Labute approximate surface area is 113 Å². The Morgan fingerprint density at radius 2 is 2.11 bits per heavy atom. The van der Waals surface area contributed by atoms with Crippen LogP contribution in [0.15, 0.2) is 42.7 Å². The molecule has 3 rings (SSSR count). The first-order valence-electron chi connectivity index (χ1n) is 6.51. The summed E-state index contributed by atoms with van der Waals surface area (Å²) in [5.74, 6) is 1.67. The van der Waals surface area contributed by atoms with Crippen LogP contribution in [0.2, 0.25) is 0 Å². The van der Waals surface area contributed by atoms with Crippen molar-refractivity contribution < 1.29 is 9.47 Å². The zero-order valence-electron chi connectivity index (χ0n) is 11.0. The molecule has 0 amide bonds. The lowest BCUT2D eigenvalue weighted by Gasteiger charge is -2.26. The highest BCUT2D eigenvalue weighted by molar-refractivity contribution is 5.40. The second-order valence-electron chi connectivity index (χ2n) is 4.81. The smallest absolute Gasteiger partial charge is 0.161 e. The minimum atomic E-state index is 0.0682. The number of nitrogens with one attached hydrogen (secondary N) is 1. The SMILES string of the molecule is Cn1ccc(CNCC2COc3ccccc3O2)c1. The molecule has 0 fully saturated rings. The molecule has 4 nitrogen and oxygen atoms in total. The molecule has 1 unspecified atom stereocenters. The van der Waals surface area contributed by atoms with Crippen LogP contribution in [0.3, 0.4) is 0 Å². The van der Waals surface area contributed by atoms with Gasteiger partial charge >= 0.3 is 0 Å². The van der Waals surface area contributed by atoms with Crippen molar-refractivity contribution >= 4 is 0 Å². The molecule has 2 aromatic rings. The third-order valence-electron chi connectivity index (χ3n) is 3.16. The molecule has 4 heteroatoms. The average molecular weight is 258 g/mol. The Morgan fingerprint density at radius 3 is 2.89 bits per heavy atom. The van der Waals surface area contributed by atoms with Crippen molar-refractivity contribution in [3.8, 4) is 11.5 Å². The Morgan fingerprint density at radius 1 is 1.26 bits per heavy atom. The lowest BCUT2D eigenvalue weighted by Crippen LogP contribution is -2.38. The fraction of sp³-hybridized carbons (Fsp3) is 0.333. The summed E-state index contributed by atoms with van der Waals surface area (Å²) in [5, 5.41) is 3.40. The van der Waals surface area contributed by atoms with Crippen LogP contribution < -0.4 is 14.8 Å². The summed E-state index contributed by atoms with van der Waals surface area (Å²) in [4.78, 5) is 0. The lowest BCUT2D eigenvalue weighted by atomic mass is 10.2. The summed E-state index contributed by atoms with van der Waals surface area (Å²) in [6.45, 7) is 2.23. The van der Waals surface area contributed by atoms with Crippen LogP contribution in [-0.4, -0.2) is 23.8 Å². The molecule has 100 valence electrons. The molecule has 0 bridgehead atoms. The van der Waals surface area contributed by atoms with Gasteiger partial charge in [-0.15, -0.1) is 0 Å². The number of para-hydroxylation sites is 2. The minimum absolute atomic E-state index is 0.0682. The summed E-state index contributed by atoms with van der Waals surface area (Å²) in [6.07, 6.45) is 4.23. The first-order chi connectivity index (χ1) is 9.31. The second kappa shape index (κ2) is 5.36. The first-order valence-corrected chi connectivity index (χ1v) is 6.51. The van der Waals surface area contributed by atoms with Crippen LogP contribution in [-0.2, 0) is 13.6 Å². The summed E-state index contributed by atoms with van der Waals surface area (Å²) < 4.78 is 13.6. The predicted octanol–water partition coefficient (Wildman–Crippen LogP) is 1.95. The van der Waals surface area contributed by atoms with E-state index in [9.17, 15) is 0 Å². The van der Waals surface area contributed by atoms with E-state index in [4.69, 9.17) is 9.47 Å². The fourth-order valence-corrected chi connectivity index (χ4v) is 2.21. The second-order valence-corrected chi connectivity index (χ2v) is 4.81. The normalized spacial score (nSPS) is 17.4. The number of aryl methyl sites for hydroxylation is 1. The molecule has 1 aliphatic heterocycles. The third-order valence-corrected chi connectivity index (χ3v) is 3.16. The first kappa shape index (κ1) is 12.1. The molecule has 1 aromatic carbocycles. The topological polar surface area (TPSA) is 35.4 Å². The molecule has 1 N–H and O–H groups in total. The van der Waals surface area contributed by atoms with E-state index in [2.05, 4.69) is 17.6 Å². The van der Waals surface area contributed by atoms with Crippen molar-refractivity contribution in [2.24, 2.45) is 7.05 Å². The molecule has 0 aliphatic carbocycles. The molecule has 0 saturated carbocycles. The van der Waals surface area contributed by atoms with Gasteiger partial charge in [-0.3, -0.25) is 0 Å². The van der Waals surface area contributed by atoms with Gasteiger partial charge in [0.25, 0.3) is 0 Å². The number of aromatic nitrogens is 1. The van der Waals surface area contributed by atoms with Gasteiger partial charge in [-0.1, -0.05) is 12.1 Å². The van der Waals surface area contributed by atoms with E-state index in [1.54, 1.807) is 0 Å². The van der Waals surface area contributed by atoms with E-state index in [1.807, 2.05) is 42.1 Å². The summed E-state index contributed by atoms with van der Waals surface area (Å²) in [6, 6.07) is 9.90. The van der Waals surface area contributed by atoms with E-state index >= 15 is 0 Å². The van der Waals surface area contributed by atoms with Gasteiger partial charge in [-0.05, 0) is 23.8 Å². The molecule has 1 aromatic heterocycles. The van der Waals surface area contributed by atoms with Crippen LogP contribution in [0.5, 0.6) is 11.5 Å². The molecular weight excluding hydrogens is 240 g/mol. The summed E-state index contributed by atoms with van der Waals surface area (Å²) in [5.41, 5.74) is 1.28. The van der Waals surface area contributed by atoms with E-state index in [0.29, 0.717) is 6.61 Å². The number of hydrogen-bond donors (Lipinski definition) is 1. The van der Waals surface area contributed by atoms with E-state index < -0.39 is 0 Å². The van der Waals surface area contributed by atoms with Crippen LogP contribution >= 0.6 is 0 Å². The molecule has 0 spiro atoms. The van der Waals surface area contributed by atoms with Crippen LogP contribution in [0.4, 0.5) is 0 Å². The van der Waals surface area contributed by atoms with Crippen LogP contribution in [0.1, 0.15) is 5.56 Å². The Kier molecular flexibility index (Phi) is 3.42. The number of fused-ring (bicyclic) bond motifs is 1. The highest BCUT2D eigenvalue weighted by atomic mass is 16.6. The van der Waals surface area contributed by atoms with E-state index in [-0.39, 0.29) is 6.10 Å². The number of nitrogens with zero attached hydrogens (tertiary/aromatic N) is 1. The molecule has 1 atom stereocenters. The molecule has 2 heterocycles. The van der Waals surface area contributed by atoms with Gasteiger partial charge in [0, 0.05) is 32.5 Å². The maximum atomic E-state index is 5.88. The number of hydrogen-bond acceptors (Lipinski definition) is 3. The van der Waals surface area contributed by atoms with E-state index in [0.717, 1.165) is 24.6 Å². The quantitative estimate of drug-likeness (QED) is 0.910. The Bertz CT molecular complexity index is 551. The predicted molar refractivity (Wildman–Crippen MR) is 73.5 cm³/mol. The maximum absolute atomic E-state index is 5.88. The van der Waals surface area contributed by atoms with Gasteiger partial charge in [-0.2, -0.15) is 0 Å². The molecule has 0 radical (unpaired) electrons. The Balaban J connectivity index is 1.50. The van der Waals surface area contributed by atoms with Crippen LogP contribution in [0, 0.1) is 0 Å². The largest absolute Gasteiger partial charge is 0.486 e. The summed E-state index contributed by atoms with van der Waals surface area (Å²) in [7, 11) is 2.03. The number of rotatable bonds is 4. The van der Waals surface area contributed by atoms with Crippen molar-refractivity contribution in [1.82, 2.24) is 9.88 Å². The van der Waals surface area contributed by atoms with E-state index in [1.165, 1.54) is 5.56 Å². The standard InChI is InChI=1S/C15H18N2O2/c1-17-7-6-12(10-17)8-16-9-13-11-18-14-4-2-3-5-15(14)19-13/h2-7,10,13,16H,8-9,11H2,1H3. The zero-order chi connectivity index (χ0) is 13.1. The fourth-order valence-electron chi connectivity index (χ4n) is 2.21. The van der Waals surface area contributed by atoms with Gasteiger partial charge in [-0.25, -0.2) is 0 Å². The van der Waals surface area contributed by atoms with Crippen molar-refractivity contribution in [2.45, 2.75) is 12.6 Å². The maximum Gasteiger partial charge on any atom is 0.161 e. The molecule has 19 heavy (non-hydrogen) atoms. The van der Waals surface area contributed by atoms with Crippen molar-refractivity contribution in [3.63, 3.8) is 0 Å². The number of benzene rings is 1. The Hall–Kier alpha value is -1.94. The van der Waals surface area contributed by atoms with Gasteiger partial charge in [0.15, 0.2) is 11.5 Å². The number of ether oxygens (including phenoxy) is 2. The minimum Gasteiger partial charge on any atom is -0.486 e. The monoisotopic (exact) mass is 258 g/mol. The molecule has 0 saturated heterocycles. The van der Waals surface area contributed by atoms with Crippen molar-refractivity contribution in [3.05, 3.63) is 48.3 Å². The molecular formula is C15H18N2O2. The highest BCUT2D eigenvalue weighted by Crippen LogP contribution is 2.30.